The maximum Gasteiger partial charge on any atom is 0.272 e. The summed E-state index contributed by atoms with van der Waals surface area (Å²) >= 11 is 12.6. The average Bonchev–Trinajstić information content (AvgIpc) is 3.39. The molecule has 9 heteroatoms. The maximum absolute atomic E-state index is 13.4. The van der Waals surface area contributed by atoms with Crippen LogP contribution in [-0.2, 0) is 11.3 Å². The average molecular weight is 502 g/mol. The molecule has 2 aliphatic rings. The number of carbonyl (C=O) groups excluding carboxylic acids is 1. The Bertz CT molecular complexity index is 1270. The Hall–Kier alpha value is -2.71. The zero-order chi connectivity index (χ0) is 23.8. The fourth-order valence-corrected chi connectivity index (χ4v) is 4.96. The van der Waals surface area contributed by atoms with E-state index in [1.165, 1.54) is 12.1 Å². The molecule has 1 saturated carbocycles. The molecule has 34 heavy (non-hydrogen) atoms. The lowest BCUT2D eigenvalue weighted by atomic mass is 10.0. The molecule has 1 aromatic heterocycles. The maximum atomic E-state index is 13.4. The van der Waals surface area contributed by atoms with Gasteiger partial charge in [0, 0.05) is 16.2 Å². The molecule has 0 radical (unpaired) electrons. The van der Waals surface area contributed by atoms with E-state index in [0.717, 1.165) is 17.6 Å². The fourth-order valence-electron chi connectivity index (χ4n) is 4.47. The normalized spacial score (nSPS) is 21.0. The van der Waals surface area contributed by atoms with E-state index >= 15 is 0 Å². The molecule has 1 aliphatic carbocycles. The molecule has 5 rings (SSSR count). The van der Waals surface area contributed by atoms with Gasteiger partial charge in [0.1, 0.15) is 5.82 Å². The number of aliphatic hydroxyl groups excluding tert-OH is 1. The smallest absolute Gasteiger partial charge is 0.272 e. The number of nitrogens with one attached hydrogen (secondary N) is 1. The summed E-state index contributed by atoms with van der Waals surface area (Å²) in [7, 11) is 0. The molecule has 2 N–H and O–H groups in total. The summed E-state index contributed by atoms with van der Waals surface area (Å²) in [5.41, 5.74) is 3.64. The van der Waals surface area contributed by atoms with E-state index in [-0.39, 0.29) is 36.7 Å². The molecular weight excluding hydrogens is 480 g/mol. The van der Waals surface area contributed by atoms with E-state index in [4.69, 9.17) is 27.9 Å². The minimum atomic E-state index is -0.572. The van der Waals surface area contributed by atoms with Crippen molar-refractivity contribution in [3.8, 4) is 5.69 Å². The van der Waals surface area contributed by atoms with E-state index < -0.39 is 6.10 Å². The first kappa shape index (κ1) is 23.1. The van der Waals surface area contributed by atoms with E-state index in [2.05, 4.69) is 10.4 Å². The number of aromatic nitrogens is 2. The molecule has 3 aromatic rings. The van der Waals surface area contributed by atoms with E-state index in [1.54, 1.807) is 35.0 Å². The third-order valence-electron chi connectivity index (χ3n) is 6.15. The van der Waals surface area contributed by atoms with Gasteiger partial charge in [-0.1, -0.05) is 35.3 Å². The van der Waals surface area contributed by atoms with Gasteiger partial charge in [-0.15, -0.1) is 0 Å². The van der Waals surface area contributed by atoms with E-state index in [9.17, 15) is 14.3 Å². The van der Waals surface area contributed by atoms with Gasteiger partial charge >= 0.3 is 0 Å². The molecule has 0 unspecified atom stereocenters. The van der Waals surface area contributed by atoms with Crippen LogP contribution in [0.3, 0.4) is 0 Å². The highest BCUT2D eigenvalue weighted by Gasteiger charge is 2.33. The van der Waals surface area contributed by atoms with Crippen LogP contribution in [0.4, 0.5) is 4.39 Å². The minimum Gasteiger partial charge on any atom is -0.391 e. The zero-order valence-corrected chi connectivity index (χ0v) is 19.6. The monoisotopic (exact) mass is 501 g/mol. The number of hydrogen-bond acceptors (Lipinski definition) is 4. The fraction of sp³-hybridized carbons (Fsp3) is 0.280. The Labute approximate surface area is 205 Å². The van der Waals surface area contributed by atoms with Gasteiger partial charge in [-0.05, 0) is 61.2 Å². The predicted molar refractivity (Wildman–Crippen MR) is 129 cm³/mol. The van der Waals surface area contributed by atoms with Gasteiger partial charge in [-0.3, -0.25) is 4.79 Å². The third-order valence-corrected chi connectivity index (χ3v) is 6.69. The number of amides is 1. The topological polar surface area (TPSA) is 76.4 Å². The van der Waals surface area contributed by atoms with Crippen molar-refractivity contribution in [2.45, 2.75) is 38.0 Å². The first-order valence-corrected chi connectivity index (χ1v) is 11.8. The van der Waals surface area contributed by atoms with Gasteiger partial charge in [0.05, 0.1) is 41.8 Å². The molecule has 2 heterocycles. The number of fused-ring (bicyclic) bond motifs is 1. The van der Waals surface area contributed by atoms with Gasteiger partial charge in [-0.2, -0.15) is 5.10 Å². The second kappa shape index (κ2) is 9.50. The SMILES string of the molecule is O=C(N[C@@H]1CCC[C@H]1O)c1nn(-c2ccc(Cl)cc2Cl)c2c1COCC2=Cc1ccc(F)cc1. The van der Waals surface area contributed by atoms with Crippen LogP contribution in [0.25, 0.3) is 17.3 Å². The number of nitrogens with zero attached hydrogens (tertiary/aromatic N) is 2. The van der Waals surface area contributed by atoms with Crippen molar-refractivity contribution in [2.75, 3.05) is 6.61 Å². The lowest BCUT2D eigenvalue weighted by Gasteiger charge is -2.20. The molecule has 1 aliphatic heterocycles. The van der Waals surface area contributed by atoms with Crippen LogP contribution in [0.2, 0.25) is 10.0 Å². The van der Waals surface area contributed by atoms with Crippen LogP contribution in [0.15, 0.2) is 42.5 Å². The number of aliphatic hydroxyl groups is 1. The van der Waals surface area contributed by atoms with Gasteiger partial charge in [-0.25, -0.2) is 9.07 Å². The highest BCUT2D eigenvalue weighted by Crippen LogP contribution is 2.35. The standard InChI is InChI=1S/C25H22Cl2FN3O3/c26-16-6-9-21(19(27)11-16)31-24-15(10-14-4-7-17(28)8-5-14)12-34-13-18(24)23(30-31)25(33)29-20-2-1-3-22(20)32/h4-11,20,22,32H,1-3,12-13H2,(H,29,33)/t20-,22-/m1/s1. The lowest BCUT2D eigenvalue weighted by Crippen LogP contribution is -2.40. The van der Waals surface area contributed by atoms with Crippen molar-refractivity contribution < 1.29 is 19.0 Å². The van der Waals surface area contributed by atoms with Crippen LogP contribution >= 0.6 is 23.2 Å². The molecule has 2 atom stereocenters. The van der Waals surface area contributed by atoms with Crippen molar-refractivity contribution in [3.05, 3.63) is 80.8 Å². The van der Waals surface area contributed by atoms with E-state index in [1.807, 2.05) is 6.08 Å². The minimum absolute atomic E-state index is 0.192. The quantitative estimate of drug-likeness (QED) is 0.525. The van der Waals surface area contributed by atoms with E-state index in [0.29, 0.717) is 39.8 Å². The molecule has 1 amide bonds. The van der Waals surface area contributed by atoms with Gasteiger partial charge in [0.25, 0.3) is 5.91 Å². The first-order valence-electron chi connectivity index (χ1n) is 11.0. The summed E-state index contributed by atoms with van der Waals surface area (Å²) in [4.78, 5) is 13.2. The Balaban J connectivity index is 1.63. The summed E-state index contributed by atoms with van der Waals surface area (Å²) in [6, 6.07) is 10.9. The first-order chi connectivity index (χ1) is 16.4. The largest absolute Gasteiger partial charge is 0.391 e. The summed E-state index contributed by atoms with van der Waals surface area (Å²) in [6.07, 6.45) is 3.53. The van der Waals surface area contributed by atoms with Crippen molar-refractivity contribution in [1.82, 2.24) is 15.1 Å². The van der Waals surface area contributed by atoms with Crippen molar-refractivity contribution in [3.63, 3.8) is 0 Å². The zero-order valence-electron chi connectivity index (χ0n) is 18.1. The second-order valence-electron chi connectivity index (χ2n) is 8.48. The molecular formula is C25H22Cl2FN3O3. The van der Waals surface area contributed by atoms with Crippen LogP contribution in [0, 0.1) is 5.82 Å². The van der Waals surface area contributed by atoms with Crippen LogP contribution in [0.5, 0.6) is 0 Å². The lowest BCUT2D eigenvalue weighted by molar-refractivity contribution is 0.0861. The number of ether oxygens (including phenoxy) is 1. The van der Waals surface area contributed by atoms with Crippen LogP contribution in [-0.4, -0.2) is 39.5 Å². The van der Waals surface area contributed by atoms with Crippen molar-refractivity contribution in [1.29, 1.82) is 0 Å². The summed E-state index contributed by atoms with van der Waals surface area (Å²) in [6.45, 7) is 0.473. The molecule has 2 aromatic carbocycles. The molecule has 0 saturated heterocycles. The molecule has 0 spiro atoms. The highest BCUT2D eigenvalue weighted by molar-refractivity contribution is 6.35. The molecule has 6 nitrogen and oxygen atoms in total. The van der Waals surface area contributed by atoms with Gasteiger partial charge in [0.15, 0.2) is 5.69 Å². The number of rotatable bonds is 4. The highest BCUT2D eigenvalue weighted by atomic mass is 35.5. The summed E-state index contributed by atoms with van der Waals surface area (Å²) in [5.74, 6) is -0.702. The second-order valence-corrected chi connectivity index (χ2v) is 9.32. The Morgan fingerprint density at radius 1 is 1.18 bits per heavy atom. The van der Waals surface area contributed by atoms with Gasteiger partial charge < -0.3 is 15.2 Å². The van der Waals surface area contributed by atoms with Crippen LogP contribution < -0.4 is 5.32 Å². The predicted octanol–water partition coefficient (Wildman–Crippen LogP) is 5.03. The van der Waals surface area contributed by atoms with Gasteiger partial charge in [0.2, 0.25) is 0 Å². The third kappa shape index (κ3) is 4.49. The molecule has 176 valence electrons. The van der Waals surface area contributed by atoms with Crippen molar-refractivity contribution >= 4 is 40.8 Å². The number of hydrogen-bond donors (Lipinski definition) is 2. The number of carbonyl (C=O) groups is 1. The Kier molecular flexibility index (Phi) is 6.44. The molecule has 0 bridgehead atoms. The number of halogens is 3. The summed E-state index contributed by atoms with van der Waals surface area (Å²) in [5, 5.41) is 18.6. The van der Waals surface area contributed by atoms with Crippen LogP contribution in [0.1, 0.15) is 46.6 Å². The number of benzene rings is 2. The Morgan fingerprint density at radius 2 is 1.97 bits per heavy atom. The van der Waals surface area contributed by atoms with Crippen molar-refractivity contribution in [2.24, 2.45) is 0 Å². The molecule has 1 fully saturated rings. The Morgan fingerprint density at radius 3 is 2.68 bits per heavy atom. The summed E-state index contributed by atoms with van der Waals surface area (Å²) < 4.78 is 20.8.